The van der Waals surface area contributed by atoms with Crippen LogP contribution in [0.15, 0.2) is 30.3 Å². The number of aliphatic carboxylic acids is 1. The van der Waals surface area contributed by atoms with Gasteiger partial charge in [-0.3, -0.25) is 19.8 Å². The fraction of sp³-hybridized carbons (Fsp3) is 0.500. The molecular weight excluding hydrogens is 374 g/mol. The van der Waals surface area contributed by atoms with Crippen molar-refractivity contribution in [2.75, 3.05) is 13.1 Å². The number of rotatable bonds is 12. The molecule has 1 saturated carbocycles. The van der Waals surface area contributed by atoms with Gasteiger partial charge in [-0.05, 0) is 31.2 Å². The van der Waals surface area contributed by atoms with Crippen molar-refractivity contribution in [3.63, 3.8) is 0 Å². The second-order valence-corrected chi connectivity index (χ2v) is 7.41. The van der Waals surface area contributed by atoms with Crippen LogP contribution >= 0.6 is 0 Å². The maximum absolute atomic E-state index is 12.6. The smallest absolute Gasteiger partial charge is 0.310 e. The normalized spacial score (nSPS) is 15.0. The zero-order valence-corrected chi connectivity index (χ0v) is 16.4. The van der Waals surface area contributed by atoms with Gasteiger partial charge in [-0.2, -0.15) is 0 Å². The van der Waals surface area contributed by atoms with Gasteiger partial charge in [-0.25, -0.2) is 0 Å². The lowest BCUT2D eigenvalue weighted by molar-refractivity contribution is -0.145. The van der Waals surface area contributed by atoms with E-state index in [0.717, 1.165) is 12.0 Å². The van der Waals surface area contributed by atoms with Crippen LogP contribution in [0.1, 0.15) is 37.7 Å². The highest BCUT2D eigenvalue weighted by molar-refractivity contribution is 5.91. The Balaban J connectivity index is 1.88. The predicted octanol–water partition coefficient (Wildman–Crippen LogP) is 0.348. The number of carbonyl (C=O) groups is 3. The highest BCUT2D eigenvalue weighted by Crippen LogP contribution is 2.48. The van der Waals surface area contributed by atoms with Crippen molar-refractivity contribution >= 4 is 23.7 Å². The molecule has 0 spiro atoms. The van der Waals surface area contributed by atoms with Crippen LogP contribution in [-0.2, 0) is 20.8 Å². The Morgan fingerprint density at radius 2 is 1.72 bits per heavy atom. The minimum Gasteiger partial charge on any atom is -0.481 e. The number of hydrogen-bond donors (Lipinski definition) is 6. The van der Waals surface area contributed by atoms with Crippen molar-refractivity contribution in [1.82, 2.24) is 16.0 Å². The predicted molar refractivity (Wildman–Crippen MR) is 108 cm³/mol. The Kier molecular flexibility index (Phi) is 7.99. The van der Waals surface area contributed by atoms with E-state index in [1.807, 2.05) is 30.3 Å². The SMILES string of the molecule is N=C(N)NCCCCNC(=O)[C@@H](Cc1ccccc1)NC(=O)CC1(C(=O)O)CC1. The monoisotopic (exact) mass is 403 g/mol. The maximum Gasteiger partial charge on any atom is 0.310 e. The number of hydrogen-bond acceptors (Lipinski definition) is 4. The van der Waals surface area contributed by atoms with Gasteiger partial charge in [0.2, 0.25) is 11.8 Å². The van der Waals surface area contributed by atoms with Crippen LogP contribution in [0.25, 0.3) is 0 Å². The fourth-order valence-electron chi connectivity index (χ4n) is 3.04. The Morgan fingerprint density at radius 3 is 2.28 bits per heavy atom. The number of unbranched alkanes of at least 4 members (excludes halogenated alkanes) is 1. The molecule has 29 heavy (non-hydrogen) atoms. The second-order valence-electron chi connectivity index (χ2n) is 7.41. The zero-order valence-electron chi connectivity index (χ0n) is 16.4. The van der Waals surface area contributed by atoms with Crippen LogP contribution in [0, 0.1) is 10.8 Å². The third kappa shape index (κ3) is 7.44. The standard InChI is InChI=1S/C20H29N5O4/c21-19(22)24-11-5-4-10-23-17(27)15(12-14-6-2-1-3-7-14)25-16(26)13-20(8-9-20)18(28)29/h1-3,6-7,15H,4-5,8-13H2,(H,23,27)(H,25,26)(H,28,29)(H4,21,22,24)/t15-/m1/s1. The molecular formula is C20H29N5O4. The van der Waals surface area contributed by atoms with Gasteiger partial charge in [0, 0.05) is 25.9 Å². The summed E-state index contributed by atoms with van der Waals surface area (Å²) in [5.74, 6) is -1.78. The van der Waals surface area contributed by atoms with Crippen molar-refractivity contribution in [1.29, 1.82) is 5.41 Å². The van der Waals surface area contributed by atoms with E-state index < -0.39 is 23.3 Å². The largest absolute Gasteiger partial charge is 0.481 e. The lowest BCUT2D eigenvalue weighted by atomic mass is 10.0. The van der Waals surface area contributed by atoms with E-state index >= 15 is 0 Å². The van der Waals surface area contributed by atoms with Gasteiger partial charge in [0.25, 0.3) is 0 Å². The molecule has 0 bridgehead atoms. The molecule has 1 aliphatic rings. The molecule has 9 heteroatoms. The molecule has 9 nitrogen and oxygen atoms in total. The summed E-state index contributed by atoms with van der Waals surface area (Å²) in [6, 6.07) is 8.56. The van der Waals surface area contributed by atoms with E-state index in [1.54, 1.807) is 0 Å². The zero-order chi connectivity index (χ0) is 21.3. The average molecular weight is 403 g/mol. The number of nitrogens with one attached hydrogen (secondary N) is 4. The number of benzene rings is 1. The molecule has 0 aliphatic heterocycles. The van der Waals surface area contributed by atoms with Gasteiger partial charge in [0.1, 0.15) is 6.04 Å². The van der Waals surface area contributed by atoms with E-state index in [-0.39, 0.29) is 18.3 Å². The minimum atomic E-state index is -0.971. The second kappa shape index (κ2) is 10.4. The molecule has 0 radical (unpaired) electrons. The molecule has 7 N–H and O–H groups in total. The van der Waals surface area contributed by atoms with Crippen molar-refractivity contribution in [3.05, 3.63) is 35.9 Å². The first-order valence-electron chi connectivity index (χ1n) is 9.75. The van der Waals surface area contributed by atoms with Crippen LogP contribution in [0.4, 0.5) is 0 Å². The highest BCUT2D eigenvalue weighted by atomic mass is 16.4. The fourth-order valence-corrected chi connectivity index (χ4v) is 3.04. The van der Waals surface area contributed by atoms with Crippen LogP contribution in [0.5, 0.6) is 0 Å². The summed E-state index contributed by atoms with van der Waals surface area (Å²) in [6.07, 6.45) is 2.61. The molecule has 158 valence electrons. The van der Waals surface area contributed by atoms with Gasteiger partial charge < -0.3 is 26.8 Å². The molecule has 0 unspecified atom stereocenters. The molecule has 0 heterocycles. The minimum absolute atomic E-state index is 0.0885. The Bertz CT molecular complexity index is 734. The van der Waals surface area contributed by atoms with Crippen molar-refractivity contribution in [2.45, 2.75) is 44.6 Å². The lowest BCUT2D eigenvalue weighted by Crippen LogP contribution is -2.49. The molecule has 1 aliphatic carbocycles. The molecule has 0 aromatic heterocycles. The quantitative estimate of drug-likeness (QED) is 0.168. The first-order chi connectivity index (χ1) is 13.8. The van der Waals surface area contributed by atoms with Crippen LogP contribution < -0.4 is 21.7 Å². The number of carboxylic acids is 1. The van der Waals surface area contributed by atoms with Crippen molar-refractivity contribution < 1.29 is 19.5 Å². The molecule has 2 amide bonds. The van der Waals surface area contributed by atoms with Gasteiger partial charge in [0.05, 0.1) is 5.41 Å². The summed E-state index contributed by atoms with van der Waals surface area (Å²) < 4.78 is 0. The van der Waals surface area contributed by atoms with E-state index in [4.69, 9.17) is 11.1 Å². The number of carboxylic acid groups (broad SMARTS) is 1. The van der Waals surface area contributed by atoms with Crippen molar-refractivity contribution in [3.8, 4) is 0 Å². The Labute approximate surface area is 169 Å². The van der Waals surface area contributed by atoms with E-state index in [2.05, 4.69) is 16.0 Å². The highest BCUT2D eigenvalue weighted by Gasteiger charge is 2.51. The molecule has 1 atom stereocenters. The summed E-state index contributed by atoms with van der Waals surface area (Å²) in [7, 11) is 0. The molecule has 1 aromatic rings. The average Bonchev–Trinajstić information content (AvgIpc) is 3.45. The molecule has 2 rings (SSSR count). The van der Waals surface area contributed by atoms with Gasteiger partial charge in [0.15, 0.2) is 5.96 Å². The number of carbonyl (C=O) groups excluding carboxylic acids is 2. The first kappa shape index (κ1) is 22.2. The topological polar surface area (TPSA) is 157 Å². The van der Waals surface area contributed by atoms with Gasteiger partial charge in [-0.15, -0.1) is 0 Å². The number of amides is 2. The van der Waals surface area contributed by atoms with Crippen LogP contribution in [0.3, 0.4) is 0 Å². The van der Waals surface area contributed by atoms with Crippen LogP contribution in [-0.4, -0.2) is 48.0 Å². The Morgan fingerprint density at radius 1 is 1.10 bits per heavy atom. The van der Waals surface area contributed by atoms with Gasteiger partial charge >= 0.3 is 5.97 Å². The van der Waals surface area contributed by atoms with E-state index in [1.165, 1.54) is 0 Å². The Hall–Kier alpha value is -3.10. The summed E-state index contributed by atoms with van der Waals surface area (Å²) in [5.41, 5.74) is 5.14. The number of nitrogens with two attached hydrogens (primary N) is 1. The summed E-state index contributed by atoms with van der Waals surface area (Å²) in [6.45, 7) is 0.977. The van der Waals surface area contributed by atoms with E-state index in [0.29, 0.717) is 38.8 Å². The van der Waals surface area contributed by atoms with Gasteiger partial charge in [-0.1, -0.05) is 30.3 Å². The maximum atomic E-state index is 12.6. The summed E-state index contributed by atoms with van der Waals surface area (Å²) in [5, 5.41) is 24.6. The third-order valence-electron chi connectivity index (χ3n) is 4.96. The summed E-state index contributed by atoms with van der Waals surface area (Å²) >= 11 is 0. The van der Waals surface area contributed by atoms with Crippen molar-refractivity contribution in [2.24, 2.45) is 11.1 Å². The summed E-state index contributed by atoms with van der Waals surface area (Å²) in [4.78, 5) is 36.3. The molecule has 0 saturated heterocycles. The lowest BCUT2D eigenvalue weighted by Gasteiger charge is -2.20. The third-order valence-corrected chi connectivity index (χ3v) is 4.96. The molecule has 1 fully saturated rings. The molecule has 1 aromatic carbocycles. The van der Waals surface area contributed by atoms with E-state index in [9.17, 15) is 19.5 Å². The number of guanidine groups is 1. The first-order valence-corrected chi connectivity index (χ1v) is 9.75. The van der Waals surface area contributed by atoms with Crippen LogP contribution in [0.2, 0.25) is 0 Å².